The number of halogens is 2. The van der Waals surface area contributed by atoms with Crippen molar-refractivity contribution >= 4 is 0 Å². The maximum Gasteiger partial charge on any atom is 0.258 e. The highest BCUT2D eigenvalue weighted by Gasteiger charge is 2.12. The molecule has 0 saturated carbocycles. The first-order chi connectivity index (χ1) is 8.58. The predicted molar refractivity (Wildman–Crippen MR) is 61.9 cm³/mol. The maximum absolute atomic E-state index is 13.0. The third-order valence-corrected chi connectivity index (χ3v) is 2.56. The highest BCUT2D eigenvalue weighted by Crippen LogP contribution is 2.20. The van der Waals surface area contributed by atoms with E-state index in [1.165, 1.54) is 0 Å². The van der Waals surface area contributed by atoms with Gasteiger partial charge in [-0.3, -0.25) is 0 Å². The third kappa shape index (κ3) is 2.89. The largest absolute Gasteiger partial charge is 0.334 e. The van der Waals surface area contributed by atoms with Crippen LogP contribution in [0.25, 0.3) is 11.5 Å². The van der Waals surface area contributed by atoms with Crippen LogP contribution in [0.15, 0.2) is 22.7 Å². The van der Waals surface area contributed by atoms with Gasteiger partial charge < -0.3 is 9.84 Å². The minimum absolute atomic E-state index is 0.117. The minimum Gasteiger partial charge on any atom is -0.334 e. The third-order valence-electron chi connectivity index (χ3n) is 2.56. The van der Waals surface area contributed by atoms with Crippen molar-refractivity contribution in [1.82, 2.24) is 15.5 Å². The van der Waals surface area contributed by atoms with Gasteiger partial charge in [-0.1, -0.05) is 5.16 Å². The fraction of sp³-hybridized carbons (Fsp3) is 0.333. The van der Waals surface area contributed by atoms with Crippen LogP contribution in [0.5, 0.6) is 0 Å². The van der Waals surface area contributed by atoms with Gasteiger partial charge in [0.15, 0.2) is 5.82 Å². The van der Waals surface area contributed by atoms with E-state index in [-0.39, 0.29) is 17.5 Å². The van der Waals surface area contributed by atoms with Crippen LogP contribution in [0.3, 0.4) is 0 Å². The topological polar surface area (TPSA) is 51.0 Å². The Hall–Kier alpha value is -1.82. The molecule has 96 valence electrons. The van der Waals surface area contributed by atoms with Gasteiger partial charge in [0.2, 0.25) is 0 Å². The molecule has 0 bridgehead atoms. The lowest BCUT2D eigenvalue weighted by Gasteiger charge is -2.04. The molecule has 1 N–H and O–H groups in total. The van der Waals surface area contributed by atoms with Crippen LogP contribution in [-0.4, -0.2) is 23.2 Å². The van der Waals surface area contributed by atoms with Crippen LogP contribution in [0.1, 0.15) is 12.7 Å². The van der Waals surface area contributed by atoms with Crippen LogP contribution in [0.2, 0.25) is 0 Å². The van der Waals surface area contributed by atoms with Gasteiger partial charge in [-0.15, -0.1) is 0 Å². The minimum atomic E-state index is -0.673. The number of nitrogens with one attached hydrogen (secondary N) is 1. The molecule has 18 heavy (non-hydrogen) atoms. The second kappa shape index (κ2) is 5.22. The van der Waals surface area contributed by atoms with E-state index in [0.717, 1.165) is 18.2 Å². The molecule has 0 amide bonds. The summed E-state index contributed by atoms with van der Waals surface area (Å²) in [5.74, 6) is -0.732. The Labute approximate surface area is 103 Å². The van der Waals surface area contributed by atoms with Crippen LogP contribution in [-0.2, 0) is 6.42 Å². The highest BCUT2D eigenvalue weighted by atomic mass is 19.1. The molecule has 0 aliphatic rings. The van der Waals surface area contributed by atoms with Gasteiger partial charge in [0.1, 0.15) is 11.6 Å². The van der Waals surface area contributed by atoms with Gasteiger partial charge in [0.25, 0.3) is 5.89 Å². The molecule has 2 aromatic rings. The molecule has 0 radical (unpaired) electrons. The zero-order valence-corrected chi connectivity index (χ0v) is 10.1. The molecular weight excluding hydrogens is 240 g/mol. The lowest BCUT2D eigenvalue weighted by atomic mass is 10.2. The Morgan fingerprint density at radius 1 is 1.28 bits per heavy atom. The van der Waals surface area contributed by atoms with Gasteiger partial charge in [-0.05, 0) is 26.1 Å². The molecule has 4 nitrogen and oxygen atoms in total. The van der Waals surface area contributed by atoms with Crippen molar-refractivity contribution in [3.63, 3.8) is 0 Å². The summed E-state index contributed by atoms with van der Waals surface area (Å²) in [6, 6.07) is 3.30. The van der Waals surface area contributed by atoms with Crippen LogP contribution < -0.4 is 5.32 Å². The Morgan fingerprint density at radius 3 is 2.56 bits per heavy atom. The standard InChI is InChI=1S/C12H13F2N3O/c1-7(15-2)3-11-16-12(18-17-11)8-4-9(13)6-10(14)5-8/h4-7,15H,3H2,1-2H3. The molecule has 0 aliphatic carbocycles. The Morgan fingerprint density at radius 2 is 1.94 bits per heavy atom. The molecular formula is C12H13F2N3O. The number of nitrogens with zero attached hydrogens (tertiary/aromatic N) is 2. The van der Waals surface area contributed by atoms with Crippen molar-refractivity contribution in [1.29, 1.82) is 0 Å². The van der Waals surface area contributed by atoms with Gasteiger partial charge in [0.05, 0.1) is 0 Å². The molecule has 1 aromatic carbocycles. The smallest absolute Gasteiger partial charge is 0.258 e. The molecule has 1 atom stereocenters. The van der Waals surface area contributed by atoms with Crippen LogP contribution in [0.4, 0.5) is 8.78 Å². The maximum atomic E-state index is 13.0. The summed E-state index contributed by atoms with van der Waals surface area (Å²) in [7, 11) is 1.83. The molecule has 1 unspecified atom stereocenters. The summed E-state index contributed by atoms with van der Waals surface area (Å²) in [6.45, 7) is 1.97. The first-order valence-electron chi connectivity index (χ1n) is 5.55. The SMILES string of the molecule is CNC(C)Cc1noc(-c2cc(F)cc(F)c2)n1. The quantitative estimate of drug-likeness (QED) is 0.907. The van der Waals surface area contributed by atoms with Crippen molar-refractivity contribution in [3.05, 3.63) is 35.7 Å². The van der Waals surface area contributed by atoms with E-state index in [2.05, 4.69) is 15.5 Å². The number of benzene rings is 1. The second-order valence-corrected chi connectivity index (χ2v) is 4.07. The Kier molecular flexibility index (Phi) is 3.66. The van der Waals surface area contributed by atoms with Crippen molar-refractivity contribution in [3.8, 4) is 11.5 Å². The fourth-order valence-corrected chi connectivity index (χ4v) is 1.51. The summed E-state index contributed by atoms with van der Waals surface area (Å²) in [6.07, 6.45) is 0.581. The molecule has 1 aromatic heterocycles. The van der Waals surface area contributed by atoms with Crippen molar-refractivity contribution in [2.24, 2.45) is 0 Å². The van der Waals surface area contributed by atoms with Crippen molar-refractivity contribution < 1.29 is 13.3 Å². The predicted octanol–water partition coefficient (Wildman–Crippen LogP) is 2.17. The number of rotatable bonds is 4. The first kappa shape index (κ1) is 12.6. The van der Waals surface area contributed by atoms with E-state index >= 15 is 0 Å². The van der Waals surface area contributed by atoms with Gasteiger partial charge >= 0.3 is 0 Å². The van der Waals surface area contributed by atoms with E-state index in [4.69, 9.17) is 4.52 Å². The molecule has 6 heteroatoms. The molecule has 0 saturated heterocycles. The van der Waals surface area contributed by atoms with Gasteiger partial charge in [0, 0.05) is 24.1 Å². The zero-order chi connectivity index (χ0) is 13.1. The molecule has 1 heterocycles. The molecule has 0 fully saturated rings. The molecule has 2 rings (SSSR count). The van der Waals surface area contributed by atoms with Gasteiger partial charge in [-0.25, -0.2) is 8.78 Å². The van der Waals surface area contributed by atoms with E-state index in [0.29, 0.717) is 12.2 Å². The lowest BCUT2D eigenvalue weighted by Crippen LogP contribution is -2.24. The van der Waals surface area contributed by atoms with Crippen LogP contribution in [0, 0.1) is 11.6 Å². The van der Waals surface area contributed by atoms with E-state index < -0.39 is 11.6 Å². The monoisotopic (exact) mass is 253 g/mol. The summed E-state index contributed by atoms with van der Waals surface area (Å²) in [5, 5.41) is 6.81. The van der Waals surface area contributed by atoms with Gasteiger partial charge in [-0.2, -0.15) is 4.98 Å². The number of hydrogen-bond donors (Lipinski definition) is 1. The number of hydrogen-bond acceptors (Lipinski definition) is 4. The Bertz CT molecular complexity index is 522. The lowest BCUT2D eigenvalue weighted by molar-refractivity contribution is 0.417. The molecule has 0 spiro atoms. The second-order valence-electron chi connectivity index (χ2n) is 4.07. The van der Waals surface area contributed by atoms with E-state index in [9.17, 15) is 8.78 Å². The normalized spacial score (nSPS) is 12.7. The average Bonchev–Trinajstić information content (AvgIpc) is 2.76. The van der Waals surface area contributed by atoms with E-state index in [1.54, 1.807) is 0 Å². The van der Waals surface area contributed by atoms with Crippen molar-refractivity contribution in [2.45, 2.75) is 19.4 Å². The summed E-state index contributed by atoms with van der Waals surface area (Å²) < 4.78 is 31.1. The number of likely N-dealkylation sites (N-methyl/N-ethyl adjacent to an activating group) is 1. The van der Waals surface area contributed by atoms with Crippen molar-refractivity contribution in [2.75, 3.05) is 7.05 Å². The average molecular weight is 253 g/mol. The highest BCUT2D eigenvalue weighted by molar-refractivity contribution is 5.52. The van der Waals surface area contributed by atoms with E-state index in [1.807, 2.05) is 14.0 Å². The Balaban J connectivity index is 2.23. The van der Waals surface area contributed by atoms with Crippen LogP contribution >= 0.6 is 0 Å². The summed E-state index contributed by atoms with van der Waals surface area (Å²) >= 11 is 0. The molecule has 0 aliphatic heterocycles. The summed E-state index contributed by atoms with van der Waals surface area (Å²) in [5.41, 5.74) is 0.239. The first-order valence-corrected chi connectivity index (χ1v) is 5.55. The fourth-order valence-electron chi connectivity index (χ4n) is 1.51. The summed E-state index contributed by atoms with van der Waals surface area (Å²) in [4.78, 5) is 4.10. The zero-order valence-electron chi connectivity index (χ0n) is 10.1. The number of aromatic nitrogens is 2.